The Balaban J connectivity index is 2.99. The van der Waals surface area contributed by atoms with Crippen LogP contribution < -0.4 is 5.32 Å². The standard InChI is InChI=1S/C13H17BrN2O3/c1-8-7-10(16(18)19)5-6-11(8)12(17)15-13(3,4)9(2)14/h5-7,9H,1-4H3,(H,15,17). The van der Waals surface area contributed by atoms with Crippen LogP contribution in [0.3, 0.4) is 0 Å². The van der Waals surface area contributed by atoms with E-state index in [0.717, 1.165) is 0 Å². The fraction of sp³-hybridized carbons (Fsp3) is 0.462. The molecule has 19 heavy (non-hydrogen) atoms. The van der Waals surface area contributed by atoms with Crippen molar-refractivity contribution in [1.82, 2.24) is 5.32 Å². The first kappa shape index (κ1) is 15.6. The highest BCUT2D eigenvalue weighted by Crippen LogP contribution is 2.20. The van der Waals surface area contributed by atoms with Crippen molar-refractivity contribution in [3.05, 3.63) is 39.4 Å². The minimum absolute atomic E-state index is 0.0119. The molecular formula is C13H17BrN2O3. The molecule has 0 heterocycles. The summed E-state index contributed by atoms with van der Waals surface area (Å²) in [6.45, 7) is 7.45. The van der Waals surface area contributed by atoms with Gasteiger partial charge in [0.15, 0.2) is 0 Å². The smallest absolute Gasteiger partial charge is 0.269 e. The first-order valence-corrected chi connectivity index (χ1v) is 6.78. The van der Waals surface area contributed by atoms with Gasteiger partial charge in [0.1, 0.15) is 0 Å². The molecule has 0 radical (unpaired) electrons. The summed E-state index contributed by atoms with van der Waals surface area (Å²) in [5, 5.41) is 13.6. The van der Waals surface area contributed by atoms with Crippen molar-refractivity contribution in [3.8, 4) is 0 Å². The van der Waals surface area contributed by atoms with Crippen molar-refractivity contribution in [1.29, 1.82) is 0 Å². The van der Waals surface area contributed by atoms with Gasteiger partial charge in [0, 0.05) is 28.1 Å². The van der Waals surface area contributed by atoms with Gasteiger partial charge in [-0.15, -0.1) is 0 Å². The molecule has 0 saturated heterocycles. The van der Waals surface area contributed by atoms with E-state index in [4.69, 9.17) is 0 Å². The molecule has 6 heteroatoms. The highest BCUT2D eigenvalue weighted by Gasteiger charge is 2.27. The van der Waals surface area contributed by atoms with E-state index in [1.807, 2.05) is 20.8 Å². The van der Waals surface area contributed by atoms with E-state index in [0.29, 0.717) is 11.1 Å². The van der Waals surface area contributed by atoms with Gasteiger partial charge in [-0.05, 0) is 32.4 Å². The number of hydrogen-bond donors (Lipinski definition) is 1. The number of carbonyl (C=O) groups excluding carboxylic acids is 1. The van der Waals surface area contributed by atoms with Crippen LogP contribution >= 0.6 is 15.9 Å². The number of carbonyl (C=O) groups is 1. The predicted octanol–water partition coefficient (Wildman–Crippen LogP) is 3.20. The number of non-ortho nitro benzene ring substituents is 1. The lowest BCUT2D eigenvalue weighted by Gasteiger charge is -2.29. The summed E-state index contributed by atoms with van der Waals surface area (Å²) in [5.74, 6) is -0.233. The molecule has 1 rings (SSSR count). The van der Waals surface area contributed by atoms with Gasteiger partial charge in [0.25, 0.3) is 11.6 Å². The number of nitrogens with zero attached hydrogens (tertiary/aromatic N) is 1. The van der Waals surface area contributed by atoms with Crippen molar-refractivity contribution in [2.75, 3.05) is 0 Å². The minimum Gasteiger partial charge on any atom is -0.346 e. The third-order valence-corrected chi connectivity index (χ3v) is 4.24. The molecule has 0 aliphatic heterocycles. The van der Waals surface area contributed by atoms with Gasteiger partial charge in [-0.1, -0.05) is 22.9 Å². The Bertz CT molecular complexity index is 513. The largest absolute Gasteiger partial charge is 0.346 e. The number of nitrogens with one attached hydrogen (secondary N) is 1. The molecule has 1 amide bonds. The van der Waals surface area contributed by atoms with E-state index in [1.165, 1.54) is 18.2 Å². The summed E-state index contributed by atoms with van der Waals surface area (Å²) < 4.78 is 0. The minimum atomic E-state index is -0.473. The summed E-state index contributed by atoms with van der Waals surface area (Å²) in [6, 6.07) is 4.23. The molecular weight excluding hydrogens is 312 g/mol. The molecule has 1 aromatic rings. The highest BCUT2D eigenvalue weighted by atomic mass is 79.9. The fourth-order valence-corrected chi connectivity index (χ4v) is 1.59. The average Bonchev–Trinajstić information content (AvgIpc) is 2.27. The van der Waals surface area contributed by atoms with Gasteiger partial charge in [0.2, 0.25) is 0 Å². The molecule has 1 N–H and O–H groups in total. The van der Waals surface area contributed by atoms with Crippen molar-refractivity contribution in [2.45, 2.75) is 38.1 Å². The van der Waals surface area contributed by atoms with Crippen LogP contribution in [0, 0.1) is 17.0 Å². The van der Waals surface area contributed by atoms with Crippen LogP contribution in [0.5, 0.6) is 0 Å². The van der Waals surface area contributed by atoms with Crippen LogP contribution in [0.1, 0.15) is 36.7 Å². The zero-order valence-corrected chi connectivity index (χ0v) is 12.9. The van der Waals surface area contributed by atoms with E-state index in [1.54, 1.807) is 6.92 Å². The molecule has 0 spiro atoms. The quantitative estimate of drug-likeness (QED) is 0.524. The fourth-order valence-electron chi connectivity index (χ4n) is 1.48. The Morgan fingerprint density at radius 1 is 1.47 bits per heavy atom. The number of hydrogen-bond acceptors (Lipinski definition) is 3. The molecule has 0 aliphatic carbocycles. The zero-order chi connectivity index (χ0) is 14.8. The molecule has 0 saturated carbocycles. The normalized spacial score (nSPS) is 12.9. The summed E-state index contributed by atoms with van der Waals surface area (Å²) >= 11 is 3.44. The number of amides is 1. The topological polar surface area (TPSA) is 72.2 Å². The third-order valence-electron chi connectivity index (χ3n) is 3.10. The second-order valence-corrected chi connectivity index (χ2v) is 6.42. The van der Waals surface area contributed by atoms with Gasteiger partial charge >= 0.3 is 0 Å². The summed E-state index contributed by atoms with van der Waals surface area (Å²) in [5.41, 5.74) is 0.615. The Kier molecular flexibility index (Phi) is 4.68. The maximum absolute atomic E-state index is 12.2. The summed E-state index contributed by atoms with van der Waals surface area (Å²) in [4.78, 5) is 22.4. The molecule has 1 aromatic carbocycles. The first-order chi connectivity index (χ1) is 8.65. The van der Waals surface area contributed by atoms with Crippen molar-refractivity contribution in [3.63, 3.8) is 0 Å². The lowest BCUT2D eigenvalue weighted by molar-refractivity contribution is -0.384. The summed E-state index contributed by atoms with van der Waals surface area (Å²) in [7, 11) is 0. The molecule has 0 aromatic heterocycles. The van der Waals surface area contributed by atoms with Crippen LogP contribution in [0.15, 0.2) is 18.2 Å². The van der Waals surface area contributed by atoms with Gasteiger partial charge in [-0.3, -0.25) is 14.9 Å². The number of aryl methyl sites for hydroxylation is 1. The molecule has 1 atom stereocenters. The van der Waals surface area contributed by atoms with Gasteiger partial charge in [0.05, 0.1) is 4.92 Å². The predicted molar refractivity (Wildman–Crippen MR) is 77.8 cm³/mol. The van der Waals surface area contributed by atoms with Crippen molar-refractivity contribution >= 4 is 27.5 Å². The second-order valence-electron chi connectivity index (χ2n) is 5.05. The Hall–Kier alpha value is -1.43. The van der Waals surface area contributed by atoms with Crippen LogP contribution in [0.2, 0.25) is 0 Å². The van der Waals surface area contributed by atoms with E-state index in [9.17, 15) is 14.9 Å². The van der Waals surface area contributed by atoms with Crippen LogP contribution in [0.4, 0.5) is 5.69 Å². The molecule has 5 nitrogen and oxygen atoms in total. The zero-order valence-electron chi connectivity index (χ0n) is 11.4. The van der Waals surface area contributed by atoms with Crippen LogP contribution in [-0.4, -0.2) is 21.2 Å². The monoisotopic (exact) mass is 328 g/mol. The lowest BCUT2D eigenvalue weighted by Crippen LogP contribution is -2.49. The number of nitro groups is 1. The molecule has 104 valence electrons. The summed E-state index contributed by atoms with van der Waals surface area (Å²) in [6.07, 6.45) is 0. The van der Waals surface area contributed by atoms with Crippen molar-refractivity contribution in [2.24, 2.45) is 0 Å². The highest BCUT2D eigenvalue weighted by molar-refractivity contribution is 9.09. The third kappa shape index (κ3) is 3.76. The number of halogens is 1. The molecule has 0 aliphatic rings. The molecule has 0 fully saturated rings. The number of benzene rings is 1. The average molecular weight is 329 g/mol. The molecule has 0 bridgehead atoms. The van der Waals surface area contributed by atoms with Gasteiger partial charge in [-0.25, -0.2) is 0 Å². The van der Waals surface area contributed by atoms with Gasteiger partial charge in [-0.2, -0.15) is 0 Å². The lowest BCUT2D eigenvalue weighted by atomic mass is 10.00. The van der Waals surface area contributed by atoms with Gasteiger partial charge < -0.3 is 5.32 Å². The van der Waals surface area contributed by atoms with E-state index < -0.39 is 10.5 Å². The maximum atomic E-state index is 12.2. The van der Waals surface area contributed by atoms with E-state index >= 15 is 0 Å². The Morgan fingerprint density at radius 2 is 2.05 bits per heavy atom. The first-order valence-electron chi connectivity index (χ1n) is 5.87. The second kappa shape index (κ2) is 5.69. The number of nitro benzene ring substituents is 1. The maximum Gasteiger partial charge on any atom is 0.269 e. The molecule has 1 unspecified atom stereocenters. The SMILES string of the molecule is Cc1cc([N+](=O)[O-])ccc1C(=O)NC(C)(C)C(C)Br. The number of alkyl halides is 1. The van der Waals surface area contributed by atoms with Crippen LogP contribution in [0.25, 0.3) is 0 Å². The Morgan fingerprint density at radius 3 is 2.47 bits per heavy atom. The van der Waals surface area contributed by atoms with Crippen LogP contribution in [-0.2, 0) is 0 Å². The Labute approximate surface area is 120 Å². The van der Waals surface area contributed by atoms with E-state index in [2.05, 4.69) is 21.2 Å². The van der Waals surface area contributed by atoms with E-state index in [-0.39, 0.29) is 16.4 Å². The number of rotatable bonds is 4. The van der Waals surface area contributed by atoms with Crippen molar-refractivity contribution < 1.29 is 9.72 Å².